The van der Waals surface area contributed by atoms with Gasteiger partial charge in [-0.05, 0) is 12.1 Å². The lowest BCUT2D eigenvalue weighted by atomic mass is 10.3. The molecule has 0 unspecified atom stereocenters. The van der Waals surface area contributed by atoms with Crippen LogP contribution >= 0.6 is 0 Å². The lowest BCUT2D eigenvalue weighted by Gasteiger charge is -1.96. The predicted molar refractivity (Wildman–Crippen MR) is 46.9 cm³/mol. The Kier molecular flexibility index (Phi) is 2.26. The number of nitrogens with two attached hydrogens (primary N) is 1. The molecule has 0 aliphatic carbocycles. The number of hydrogen-bond donors (Lipinski definition) is 1. The number of rotatable bonds is 1. The minimum absolute atomic E-state index is 0.100. The number of anilines is 1. The highest BCUT2D eigenvalue weighted by molar-refractivity contribution is 5.49. The molecule has 5 nitrogen and oxygen atoms in total. The van der Waals surface area contributed by atoms with E-state index in [9.17, 15) is 13.2 Å². The lowest BCUT2D eigenvalue weighted by molar-refractivity contribution is -0.146. The quantitative estimate of drug-likeness (QED) is 0.807. The molecule has 0 saturated heterocycles. The van der Waals surface area contributed by atoms with E-state index >= 15 is 0 Å². The maximum atomic E-state index is 12.2. The van der Waals surface area contributed by atoms with E-state index in [1.54, 1.807) is 0 Å². The summed E-state index contributed by atoms with van der Waals surface area (Å²) in [6.45, 7) is 0. The van der Waals surface area contributed by atoms with Gasteiger partial charge in [-0.25, -0.2) is 4.98 Å². The number of nitrogens with zero attached hydrogens (tertiary/aromatic N) is 3. The van der Waals surface area contributed by atoms with Crippen molar-refractivity contribution in [1.82, 2.24) is 15.1 Å². The van der Waals surface area contributed by atoms with E-state index in [1.165, 1.54) is 18.2 Å². The van der Waals surface area contributed by atoms with Crippen LogP contribution < -0.4 is 5.73 Å². The van der Waals surface area contributed by atoms with Crippen LogP contribution in [0.1, 0.15) is 5.82 Å². The fraction of sp³-hybridized carbons (Fsp3) is 0.125. The smallest absolute Gasteiger partial charge is 0.384 e. The third kappa shape index (κ3) is 1.95. The van der Waals surface area contributed by atoms with E-state index in [4.69, 9.17) is 5.73 Å². The summed E-state index contributed by atoms with van der Waals surface area (Å²) in [4.78, 5) is 6.93. The molecule has 16 heavy (non-hydrogen) atoms. The fourth-order valence-corrected chi connectivity index (χ4v) is 1.01. The standard InChI is InChI=1S/C8H5F3N4O/c9-8(10,11)7-14-6(16-15-7)4-2-1-3-5(12)13-4/h1-3H,(H2,12,13). The number of aromatic nitrogens is 3. The highest BCUT2D eigenvalue weighted by Crippen LogP contribution is 2.28. The minimum atomic E-state index is -4.64. The van der Waals surface area contributed by atoms with E-state index in [0.29, 0.717) is 0 Å². The molecule has 2 aromatic heterocycles. The topological polar surface area (TPSA) is 77.8 Å². The molecule has 0 spiro atoms. The van der Waals surface area contributed by atoms with Gasteiger partial charge in [-0.2, -0.15) is 18.2 Å². The zero-order valence-electron chi connectivity index (χ0n) is 7.69. The van der Waals surface area contributed by atoms with E-state index in [1.807, 2.05) is 0 Å². The van der Waals surface area contributed by atoms with Crippen LogP contribution in [0, 0.1) is 0 Å². The third-order valence-electron chi connectivity index (χ3n) is 1.67. The SMILES string of the molecule is Nc1cccc(-c2nc(C(F)(F)F)no2)n1. The third-order valence-corrected chi connectivity index (χ3v) is 1.67. The van der Waals surface area contributed by atoms with Gasteiger partial charge in [0.15, 0.2) is 0 Å². The number of halogens is 3. The van der Waals surface area contributed by atoms with Gasteiger partial charge in [0, 0.05) is 0 Å². The van der Waals surface area contributed by atoms with Gasteiger partial charge in [-0.3, -0.25) is 0 Å². The summed E-state index contributed by atoms with van der Waals surface area (Å²) in [5, 5.41) is 2.80. The second-order valence-electron chi connectivity index (χ2n) is 2.87. The molecule has 0 amide bonds. The molecule has 0 bridgehead atoms. The molecular weight excluding hydrogens is 225 g/mol. The summed E-state index contributed by atoms with van der Waals surface area (Å²) in [7, 11) is 0. The molecule has 0 saturated carbocycles. The Morgan fingerprint density at radius 1 is 1.19 bits per heavy atom. The van der Waals surface area contributed by atoms with Crippen LogP contribution in [0.5, 0.6) is 0 Å². The molecule has 2 rings (SSSR count). The second-order valence-corrected chi connectivity index (χ2v) is 2.87. The molecule has 8 heteroatoms. The summed E-state index contributed by atoms with van der Waals surface area (Å²) < 4.78 is 40.9. The van der Waals surface area contributed by atoms with Crippen LogP contribution in [0.25, 0.3) is 11.6 Å². The largest absolute Gasteiger partial charge is 0.455 e. The first kappa shape index (κ1) is 10.4. The highest BCUT2D eigenvalue weighted by Gasteiger charge is 2.37. The molecule has 2 aromatic rings. The monoisotopic (exact) mass is 230 g/mol. The number of hydrogen-bond acceptors (Lipinski definition) is 5. The van der Waals surface area contributed by atoms with Crippen LogP contribution in [0.3, 0.4) is 0 Å². The Labute approximate surface area is 87.1 Å². The van der Waals surface area contributed by atoms with Crippen LogP contribution in [0.15, 0.2) is 22.7 Å². The summed E-state index contributed by atoms with van der Waals surface area (Å²) >= 11 is 0. The van der Waals surface area contributed by atoms with Crippen molar-refractivity contribution < 1.29 is 17.7 Å². The Bertz CT molecular complexity index is 508. The Balaban J connectivity index is 2.39. The molecule has 0 aliphatic rings. The van der Waals surface area contributed by atoms with E-state index in [-0.39, 0.29) is 17.4 Å². The summed E-state index contributed by atoms with van der Waals surface area (Å²) in [5.41, 5.74) is 5.47. The number of alkyl halides is 3. The summed E-state index contributed by atoms with van der Waals surface area (Å²) in [5.74, 6) is -1.50. The van der Waals surface area contributed by atoms with Gasteiger partial charge in [0.2, 0.25) is 0 Å². The summed E-state index contributed by atoms with van der Waals surface area (Å²) in [6.07, 6.45) is -4.64. The zero-order chi connectivity index (χ0) is 11.8. The average Bonchev–Trinajstić information content (AvgIpc) is 2.65. The summed E-state index contributed by atoms with van der Waals surface area (Å²) in [6, 6.07) is 4.43. The Morgan fingerprint density at radius 3 is 2.50 bits per heavy atom. The molecule has 2 heterocycles. The molecule has 0 aromatic carbocycles. The maximum absolute atomic E-state index is 12.2. The predicted octanol–water partition coefficient (Wildman–Crippen LogP) is 1.73. The normalized spacial score (nSPS) is 11.7. The molecule has 2 N–H and O–H groups in total. The van der Waals surface area contributed by atoms with Crippen molar-refractivity contribution >= 4 is 5.82 Å². The van der Waals surface area contributed by atoms with Crippen molar-refractivity contribution in [2.24, 2.45) is 0 Å². The van der Waals surface area contributed by atoms with Gasteiger partial charge in [-0.1, -0.05) is 11.2 Å². The van der Waals surface area contributed by atoms with Gasteiger partial charge in [0.25, 0.3) is 11.7 Å². The first-order valence-electron chi connectivity index (χ1n) is 4.10. The van der Waals surface area contributed by atoms with Crippen LogP contribution in [0.2, 0.25) is 0 Å². The Morgan fingerprint density at radius 2 is 1.94 bits per heavy atom. The van der Waals surface area contributed by atoms with Crippen LogP contribution in [-0.2, 0) is 6.18 Å². The van der Waals surface area contributed by atoms with Crippen LogP contribution in [-0.4, -0.2) is 15.1 Å². The van der Waals surface area contributed by atoms with Gasteiger partial charge < -0.3 is 10.3 Å². The molecule has 84 valence electrons. The van der Waals surface area contributed by atoms with Crippen molar-refractivity contribution in [3.63, 3.8) is 0 Å². The average molecular weight is 230 g/mol. The van der Waals surface area contributed by atoms with E-state index in [2.05, 4.69) is 19.6 Å². The zero-order valence-corrected chi connectivity index (χ0v) is 7.69. The van der Waals surface area contributed by atoms with Gasteiger partial charge in [0.05, 0.1) is 0 Å². The first-order valence-corrected chi connectivity index (χ1v) is 4.10. The van der Waals surface area contributed by atoms with Crippen LogP contribution in [0.4, 0.5) is 19.0 Å². The van der Waals surface area contributed by atoms with E-state index < -0.39 is 12.0 Å². The van der Waals surface area contributed by atoms with Gasteiger partial charge >= 0.3 is 6.18 Å². The molecule has 0 radical (unpaired) electrons. The number of nitrogen functional groups attached to an aromatic ring is 1. The number of pyridine rings is 1. The van der Waals surface area contributed by atoms with Crippen molar-refractivity contribution in [1.29, 1.82) is 0 Å². The molecule has 0 fully saturated rings. The van der Waals surface area contributed by atoms with Gasteiger partial charge in [-0.15, -0.1) is 0 Å². The van der Waals surface area contributed by atoms with Crippen molar-refractivity contribution in [2.45, 2.75) is 6.18 Å². The maximum Gasteiger partial charge on any atom is 0.455 e. The molecule has 0 aliphatic heterocycles. The molecular formula is C8H5F3N4O. The second kappa shape index (κ2) is 3.47. The minimum Gasteiger partial charge on any atom is -0.384 e. The first-order chi connectivity index (χ1) is 7.47. The molecule has 0 atom stereocenters. The van der Waals surface area contributed by atoms with Crippen molar-refractivity contribution in [3.05, 3.63) is 24.0 Å². The Hall–Kier alpha value is -2.12. The highest BCUT2D eigenvalue weighted by atomic mass is 19.4. The van der Waals surface area contributed by atoms with Crippen molar-refractivity contribution in [2.75, 3.05) is 5.73 Å². The van der Waals surface area contributed by atoms with Crippen molar-refractivity contribution in [3.8, 4) is 11.6 Å². The van der Waals surface area contributed by atoms with E-state index in [0.717, 1.165) is 0 Å². The lowest BCUT2D eigenvalue weighted by Crippen LogP contribution is -2.07. The fourth-order valence-electron chi connectivity index (χ4n) is 1.01. The van der Waals surface area contributed by atoms with Gasteiger partial charge in [0.1, 0.15) is 11.5 Å².